The Morgan fingerprint density at radius 3 is 2.09 bits per heavy atom. The minimum absolute atomic E-state index is 0.816. The first-order valence-corrected chi connectivity index (χ1v) is 4.05. The van der Waals surface area contributed by atoms with Crippen molar-refractivity contribution in [1.29, 1.82) is 0 Å². The lowest BCUT2D eigenvalue weighted by molar-refractivity contribution is 0.112. The van der Waals surface area contributed by atoms with Gasteiger partial charge in [-0.25, -0.2) is 0 Å². The number of aldehydes is 1. The molecule has 0 aliphatic rings. The van der Waals surface area contributed by atoms with Gasteiger partial charge in [-0.05, 0) is 30.3 Å². The molecule has 1 rings (SSSR count). The lowest BCUT2D eigenvalue weighted by Crippen LogP contribution is -1.99. The minimum Gasteiger partial charge on any atom is -0.298 e. The number of carbonyl (C=O) groups excluding carboxylic acids is 1. The quantitative estimate of drug-likeness (QED) is 0.457. The molecule has 0 bridgehead atoms. The molecule has 0 aliphatic carbocycles. The van der Waals surface area contributed by atoms with E-state index in [0.29, 0.717) is 0 Å². The molecule has 0 radical (unpaired) electrons. The van der Waals surface area contributed by atoms with Gasteiger partial charge in [-0.15, -0.1) is 9.24 Å². The summed E-state index contributed by atoms with van der Waals surface area (Å²) in [4.78, 5) is 10.6. The molecular formula is C9H11OP. The van der Waals surface area contributed by atoms with E-state index in [1.54, 1.807) is 0 Å². The highest BCUT2D eigenvalue weighted by Gasteiger charge is 2.00. The van der Waals surface area contributed by atoms with Crippen molar-refractivity contribution in [3.63, 3.8) is 0 Å². The van der Waals surface area contributed by atoms with Gasteiger partial charge in [0, 0.05) is 5.56 Å². The zero-order valence-corrected chi connectivity index (χ0v) is 7.87. The van der Waals surface area contributed by atoms with E-state index < -0.39 is 0 Å². The van der Waals surface area contributed by atoms with Crippen molar-refractivity contribution in [3.8, 4) is 0 Å². The van der Waals surface area contributed by atoms with Crippen LogP contribution in [0.4, 0.5) is 0 Å². The van der Waals surface area contributed by atoms with Gasteiger partial charge in [0.25, 0.3) is 0 Å². The van der Waals surface area contributed by atoms with Crippen LogP contribution >= 0.6 is 9.24 Å². The Bertz CT molecular complexity index is 269. The Morgan fingerprint density at radius 2 is 1.73 bits per heavy atom. The molecule has 0 spiro atoms. The predicted molar refractivity (Wildman–Crippen MR) is 50.6 cm³/mol. The van der Waals surface area contributed by atoms with E-state index >= 15 is 0 Å². The summed E-state index contributed by atoms with van der Waals surface area (Å²) in [6.45, 7) is 3.90. The highest BCUT2D eigenvalue weighted by molar-refractivity contribution is 7.27. The lowest BCUT2D eigenvalue weighted by atomic mass is 10.0. The number of hydrogen-bond acceptors (Lipinski definition) is 1. The normalized spacial score (nSPS) is 9.73. The van der Waals surface area contributed by atoms with E-state index in [2.05, 4.69) is 9.24 Å². The van der Waals surface area contributed by atoms with Crippen LogP contribution < -0.4 is 5.30 Å². The molecule has 0 fully saturated rings. The highest BCUT2D eigenvalue weighted by atomic mass is 31.0. The summed E-state index contributed by atoms with van der Waals surface area (Å²) in [6, 6.07) is 3.98. The Hall–Kier alpha value is -0.680. The zero-order valence-electron chi connectivity index (χ0n) is 6.72. The van der Waals surface area contributed by atoms with Crippen molar-refractivity contribution >= 4 is 20.8 Å². The maximum absolute atomic E-state index is 10.6. The number of carbonyl (C=O) groups is 1. The molecule has 1 nitrogen and oxygen atoms in total. The molecule has 0 saturated carbocycles. The Morgan fingerprint density at radius 1 is 1.27 bits per heavy atom. The van der Waals surface area contributed by atoms with E-state index in [-0.39, 0.29) is 0 Å². The summed E-state index contributed by atoms with van der Waals surface area (Å²) in [6.07, 6.45) is 0.911. The number of benzene rings is 1. The van der Waals surface area contributed by atoms with Crippen LogP contribution in [0.1, 0.15) is 21.5 Å². The van der Waals surface area contributed by atoms with Crippen molar-refractivity contribution in [1.82, 2.24) is 0 Å². The fraction of sp³-hybridized carbons (Fsp3) is 0.222. The molecule has 0 heterocycles. The largest absolute Gasteiger partial charge is 0.298 e. The molecule has 58 valence electrons. The maximum Gasteiger partial charge on any atom is 0.150 e. The zero-order chi connectivity index (χ0) is 8.43. The van der Waals surface area contributed by atoms with Gasteiger partial charge in [0.2, 0.25) is 0 Å². The molecule has 1 aromatic rings. The van der Waals surface area contributed by atoms with Gasteiger partial charge in [-0.2, -0.15) is 0 Å². The highest BCUT2D eigenvalue weighted by Crippen LogP contribution is 2.10. The van der Waals surface area contributed by atoms with E-state index in [4.69, 9.17) is 0 Å². The summed E-state index contributed by atoms with van der Waals surface area (Å²) in [7, 11) is 2.62. The molecule has 1 atom stereocenters. The van der Waals surface area contributed by atoms with E-state index in [9.17, 15) is 4.79 Å². The fourth-order valence-electron chi connectivity index (χ4n) is 1.19. The van der Waals surface area contributed by atoms with E-state index in [1.807, 2.05) is 26.0 Å². The number of hydrogen-bond donors (Lipinski definition) is 0. The number of aryl methyl sites for hydroxylation is 2. The second-order valence-electron chi connectivity index (χ2n) is 2.69. The average molecular weight is 166 g/mol. The van der Waals surface area contributed by atoms with Crippen molar-refractivity contribution in [3.05, 3.63) is 28.8 Å². The third kappa shape index (κ3) is 1.66. The van der Waals surface area contributed by atoms with Crippen molar-refractivity contribution in [2.75, 3.05) is 0 Å². The summed E-state index contributed by atoms with van der Waals surface area (Å²) in [5.74, 6) is 0. The van der Waals surface area contributed by atoms with Gasteiger partial charge in [-0.3, -0.25) is 4.79 Å². The predicted octanol–water partition coefficient (Wildman–Crippen LogP) is 1.62. The van der Waals surface area contributed by atoms with Gasteiger partial charge in [0.15, 0.2) is 6.29 Å². The average Bonchev–Trinajstić information content (AvgIpc) is 1.85. The van der Waals surface area contributed by atoms with Gasteiger partial charge >= 0.3 is 0 Å². The third-order valence-electron chi connectivity index (χ3n) is 1.73. The Balaban J connectivity index is 3.36. The third-order valence-corrected chi connectivity index (χ3v) is 2.07. The summed E-state index contributed by atoms with van der Waals surface area (Å²) in [5.41, 5.74) is 2.91. The van der Waals surface area contributed by atoms with Gasteiger partial charge in [0.1, 0.15) is 0 Å². The SMILES string of the molecule is Cc1cc(P)cc(C)c1C=O. The summed E-state index contributed by atoms with van der Waals surface area (Å²) >= 11 is 0. The first-order chi connectivity index (χ1) is 5.15. The standard InChI is InChI=1S/C9H11OP/c1-6-3-8(11)4-7(2)9(6)5-10/h3-5H,11H2,1-2H3. The molecule has 2 heteroatoms. The fourth-order valence-corrected chi connectivity index (χ4v) is 1.69. The first kappa shape index (κ1) is 8.42. The topological polar surface area (TPSA) is 17.1 Å². The van der Waals surface area contributed by atoms with Crippen molar-refractivity contribution in [2.24, 2.45) is 0 Å². The van der Waals surface area contributed by atoms with E-state index in [0.717, 1.165) is 28.3 Å². The van der Waals surface area contributed by atoms with Crippen LogP contribution in [-0.4, -0.2) is 6.29 Å². The number of rotatable bonds is 1. The van der Waals surface area contributed by atoms with E-state index in [1.165, 1.54) is 0 Å². The van der Waals surface area contributed by atoms with Crippen LogP contribution in [0.2, 0.25) is 0 Å². The minimum atomic E-state index is 0.816. The smallest absolute Gasteiger partial charge is 0.150 e. The molecule has 1 unspecified atom stereocenters. The second-order valence-corrected chi connectivity index (χ2v) is 3.35. The van der Waals surface area contributed by atoms with Crippen molar-refractivity contribution in [2.45, 2.75) is 13.8 Å². The first-order valence-electron chi connectivity index (χ1n) is 3.47. The Kier molecular flexibility index (Phi) is 2.41. The van der Waals surface area contributed by atoms with Gasteiger partial charge < -0.3 is 0 Å². The van der Waals surface area contributed by atoms with Crippen LogP contribution in [0.5, 0.6) is 0 Å². The van der Waals surface area contributed by atoms with Crippen LogP contribution in [0.15, 0.2) is 12.1 Å². The van der Waals surface area contributed by atoms with Gasteiger partial charge in [-0.1, -0.05) is 12.1 Å². The molecule has 0 amide bonds. The molecule has 0 N–H and O–H groups in total. The van der Waals surface area contributed by atoms with Gasteiger partial charge in [0.05, 0.1) is 0 Å². The second kappa shape index (κ2) is 3.15. The molecule has 1 aromatic carbocycles. The maximum atomic E-state index is 10.6. The lowest BCUT2D eigenvalue weighted by Gasteiger charge is -2.03. The monoisotopic (exact) mass is 166 g/mol. The Labute approximate surface area is 69.0 Å². The molecule has 0 aliphatic heterocycles. The van der Waals surface area contributed by atoms with Crippen molar-refractivity contribution < 1.29 is 4.79 Å². The van der Waals surface area contributed by atoms with Crippen LogP contribution in [-0.2, 0) is 0 Å². The molecule has 11 heavy (non-hydrogen) atoms. The molecular weight excluding hydrogens is 155 g/mol. The molecule has 0 aromatic heterocycles. The van der Waals surface area contributed by atoms with Crippen LogP contribution in [0, 0.1) is 13.8 Å². The van der Waals surface area contributed by atoms with Crippen LogP contribution in [0.3, 0.4) is 0 Å². The van der Waals surface area contributed by atoms with Crippen LogP contribution in [0.25, 0.3) is 0 Å². The summed E-state index contributed by atoms with van der Waals surface area (Å²) in [5, 5.41) is 1.13. The molecule has 0 saturated heterocycles. The summed E-state index contributed by atoms with van der Waals surface area (Å²) < 4.78 is 0.